The number of aromatic nitrogens is 2. The lowest BCUT2D eigenvalue weighted by atomic mass is 9.98. The van der Waals surface area contributed by atoms with Crippen LogP contribution >= 0.6 is 0 Å². The van der Waals surface area contributed by atoms with Gasteiger partial charge in [-0.1, -0.05) is 19.8 Å². The predicted octanol–water partition coefficient (Wildman–Crippen LogP) is 0.256. The van der Waals surface area contributed by atoms with Crippen LogP contribution in [0.2, 0.25) is 0 Å². The Morgan fingerprint density at radius 2 is 1.95 bits per heavy atom. The van der Waals surface area contributed by atoms with Crippen molar-refractivity contribution < 1.29 is 5.11 Å². The third-order valence-electron chi connectivity index (χ3n) is 4.28. The summed E-state index contributed by atoms with van der Waals surface area (Å²) in [5, 5.41) is 12.8. The molecule has 0 aromatic carbocycles. The van der Waals surface area contributed by atoms with E-state index in [1.807, 2.05) is 6.92 Å². The Kier molecular flexibility index (Phi) is 4.41. The molecule has 1 aliphatic rings. The Morgan fingerprint density at radius 3 is 2.48 bits per heavy atom. The molecule has 1 saturated carbocycles. The van der Waals surface area contributed by atoms with Crippen LogP contribution in [0, 0.1) is 0 Å². The van der Waals surface area contributed by atoms with Crippen molar-refractivity contribution in [2.45, 2.75) is 51.1 Å². The smallest absolute Gasteiger partial charge is 0.332 e. The van der Waals surface area contributed by atoms with E-state index >= 15 is 0 Å². The summed E-state index contributed by atoms with van der Waals surface area (Å²) < 4.78 is 2.47. The number of nitrogen functional groups attached to an aromatic ring is 1. The van der Waals surface area contributed by atoms with Crippen LogP contribution in [0.3, 0.4) is 0 Å². The minimum Gasteiger partial charge on any atom is -0.394 e. The summed E-state index contributed by atoms with van der Waals surface area (Å²) in [7, 11) is 1.45. The highest BCUT2D eigenvalue weighted by Crippen LogP contribution is 2.33. The molecule has 0 unspecified atom stereocenters. The van der Waals surface area contributed by atoms with Crippen molar-refractivity contribution in [1.82, 2.24) is 9.13 Å². The third-order valence-corrected chi connectivity index (χ3v) is 4.28. The van der Waals surface area contributed by atoms with E-state index in [4.69, 9.17) is 5.73 Å². The molecule has 1 aliphatic carbocycles. The molecule has 0 radical (unpaired) electrons. The Bertz CT molecular complexity index is 626. The van der Waals surface area contributed by atoms with Gasteiger partial charge in [0.15, 0.2) is 0 Å². The average molecular weight is 296 g/mol. The summed E-state index contributed by atoms with van der Waals surface area (Å²) in [4.78, 5) is 24.4. The van der Waals surface area contributed by atoms with Gasteiger partial charge in [-0.2, -0.15) is 0 Å². The molecule has 0 amide bonds. The number of nitrogens with one attached hydrogen (secondary N) is 1. The zero-order valence-corrected chi connectivity index (χ0v) is 12.7. The highest BCUT2D eigenvalue weighted by molar-refractivity contribution is 5.62. The second kappa shape index (κ2) is 5.93. The Balaban J connectivity index is 2.53. The molecular weight excluding hydrogens is 272 g/mol. The maximum atomic E-state index is 12.3. The van der Waals surface area contributed by atoms with Crippen molar-refractivity contribution in [3.05, 3.63) is 20.8 Å². The van der Waals surface area contributed by atoms with Crippen molar-refractivity contribution in [1.29, 1.82) is 0 Å². The summed E-state index contributed by atoms with van der Waals surface area (Å²) in [5.41, 5.74) is 4.91. The van der Waals surface area contributed by atoms with Gasteiger partial charge >= 0.3 is 5.69 Å². The summed E-state index contributed by atoms with van der Waals surface area (Å²) in [6.07, 6.45) is 4.33. The molecule has 2 rings (SSSR count). The van der Waals surface area contributed by atoms with Gasteiger partial charge in [-0.15, -0.1) is 0 Å². The molecule has 0 saturated heterocycles. The average Bonchev–Trinajstić information content (AvgIpc) is 2.95. The Hall–Kier alpha value is -1.76. The second-order valence-corrected chi connectivity index (χ2v) is 5.83. The van der Waals surface area contributed by atoms with E-state index in [2.05, 4.69) is 5.32 Å². The zero-order chi connectivity index (χ0) is 15.6. The number of nitrogens with two attached hydrogens (primary N) is 1. The van der Waals surface area contributed by atoms with Gasteiger partial charge < -0.3 is 16.2 Å². The molecule has 7 heteroatoms. The van der Waals surface area contributed by atoms with E-state index in [-0.39, 0.29) is 18.1 Å². The minimum atomic E-state index is -0.505. The van der Waals surface area contributed by atoms with E-state index in [1.165, 1.54) is 11.6 Å². The van der Waals surface area contributed by atoms with Gasteiger partial charge in [-0.3, -0.25) is 13.9 Å². The van der Waals surface area contributed by atoms with E-state index in [0.717, 1.165) is 36.7 Å². The van der Waals surface area contributed by atoms with Gasteiger partial charge in [0, 0.05) is 13.6 Å². The Morgan fingerprint density at radius 1 is 1.33 bits per heavy atom. The van der Waals surface area contributed by atoms with Gasteiger partial charge in [0.05, 0.1) is 12.1 Å². The van der Waals surface area contributed by atoms with Gasteiger partial charge in [-0.25, -0.2) is 4.79 Å². The van der Waals surface area contributed by atoms with Crippen LogP contribution in [0.4, 0.5) is 11.5 Å². The largest absolute Gasteiger partial charge is 0.394 e. The van der Waals surface area contributed by atoms with E-state index in [1.54, 1.807) is 0 Å². The first kappa shape index (κ1) is 15.6. The van der Waals surface area contributed by atoms with Gasteiger partial charge in [-0.05, 0) is 19.3 Å². The van der Waals surface area contributed by atoms with Crippen LogP contribution in [0.15, 0.2) is 9.59 Å². The summed E-state index contributed by atoms with van der Waals surface area (Å²) in [6, 6.07) is 0. The highest BCUT2D eigenvalue weighted by Gasteiger charge is 2.34. The van der Waals surface area contributed by atoms with Crippen LogP contribution in [-0.2, 0) is 13.6 Å². The molecule has 7 nitrogen and oxygen atoms in total. The molecule has 4 N–H and O–H groups in total. The summed E-state index contributed by atoms with van der Waals surface area (Å²) in [6.45, 7) is 2.35. The minimum absolute atomic E-state index is 0.0531. The van der Waals surface area contributed by atoms with Crippen LogP contribution in [0.25, 0.3) is 0 Å². The summed E-state index contributed by atoms with van der Waals surface area (Å²) in [5.74, 6) is 0.157. The molecule has 118 valence electrons. The number of hydrogen-bond acceptors (Lipinski definition) is 5. The van der Waals surface area contributed by atoms with Crippen molar-refractivity contribution in [3.63, 3.8) is 0 Å². The fourth-order valence-electron chi connectivity index (χ4n) is 2.98. The molecule has 1 heterocycles. The maximum Gasteiger partial charge on any atom is 0.332 e. The fraction of sp³-hybridized carbons (Fsp3) is 0.714. The summed E-state index contributed by atoms with van der Waals surface area (Å²) >= 11 is 0. The Labute approximate surface area is 123 Å². The molecule has 0 aliphatic heterocycles. The number of aliphatic hydroxyl groups is 1. The normalized spacial score (nSPS) is 17.1. The lowest BCUT2D eigenvalue weighted by Crippen LogP contribution is -2.46. The van der Waals surface area contributed by atoms with Crippen molar-refractivity contribution >= 4 is 11.5 Å². The van der Waals surface area contributed by atoms with Gasteiger partial charge in [0.1, 0.15) is 11.5 Å². The molecule has 21 heavy (non-hydrogen) atoms. The fourth-order valence-corrected chi connectivity index (χ4v) is 2.98. The van der Waals surface area contributed by atoms with Crippen molar-refractivity contribution in [2.75, 3.05) is 17.7 Å². The monoisotopic (exact) mass is 296 g/mol. The molecule has 1 aromatic rings. The van der Waals surface area contributed by atoms with E-state index < -0.39 is 16.8 Å². The molecule has 0 atom stereocenters. The number of hydrogen-bond donors (Lipinski definition) is 3. The van der Waals surface area contributed by atoms with E-state index in [0.29, 0.717) is 6.54 Å². The SMILES string of the molecule is CCCn1c(N)c(NC2(CO)CCCC2)c(=O)n(C)c1=O. The van der Waals surface area contributed by atoms with Crippen LogP contribution in [0.5, 0.6) is 0 Å². The topological polar surface area (TPSA) is 102 Å². The standard InChI is InChI=1S/C14H24N4O3/c1-3-8-18-11(15)10(12(20)17(2)13(18)21)16-14(9-19)6-4-5-7-14/h16,19H,3-9,15H2,1-2H3. The van der Waals surface area contributed by atoms with Crippen LogP contribution in [-0.4, -0.2) is 26.4 Å². The first-order chi connectivity index (χ1) is 9.95. The predicted molar refractivity (Wildman–Crippen MR) is 82.6 cm³/mol. The number of anilines is 2. The highest BCUT2D eigenvalue weighted by atomic mass is 16.3. The van der Waals surface area contributed by atoms with Crippen LogP contribution in [0.1, 0.15) is 39.0 Å². The number of rotatable bonds is 5. The molecule has 0 spiro atoms. The molecule has 1 aromatic heterocycles. The molecule has 1 fully saturated rings. The van der Waals surface area contributed by atoms with Crippen LogP contribution < -0.4 is 22.3 Å². The van der Waals surface area contributed by atoms with E-state index in [9.17, 15) is 14.7 Å². The third kappa shape index (κ3) is 2.70. The molecule has 0 bridgehead atoms. The van der Waals surface area contributed by atoms with Crippen molar-refractivity contribution in [2.24, 2.45) is 7.05 Å². The zero-order valence-electron chi connectivity index (χ0n) is 12.7. The molecular formula is C14H24N4O3. The lowest BCUT2D eigenvalue weighted by molar-refractivity contribution is 0.214. The first-order valence-corrected chi connectivity index (χ1v) is 7.44. The van der Waals surface area contributed by atoms with Crippen molar-refractivity contribution in [3.8, 4) is 0 Å². The first-order valence-electron chi connectivity index (χ1n) is 7.44. The number of aliphatic hydroxyl groups excluding tert-OH is 1. The lowest BCUT2D eigenvalue weighted by Gasteiger charge is -2.30. The second-order valence-electron chi connectivity index (χ2n) is 5.83. The number of nitrogens with zero attached hydrogens (tertiary/aromatic N) is 2. The maximum absolute atomic E-state index is 12.3. The quantitative estimate of drug-likeness (QED) is 0.723. The van der Waals surface area contributed by atoms with Gasteiger partial charge in [0.25, 0.3) is 5.56 Å². The van der Waals surface area contributed by atoms with Gasteiger partial charge in [0.2, 0.25) is 0 Å².